The van der Waals surface area contributed by atoms with Gasteiger partial charge in [0.2, 0.25) is 0 Å². The summed E-state index contributed by atoms with van der Waals surface area (Å²) in [5.41, 5.74) is 7.83. The molecule has 0 saturated carbocycles. The molecule has 0 radical (unpaired) electrons. The Bertz CT molecular complexity index is 414. The average Bonchev–Trinajstić information content (AvgIpc) is 2.67. The van der Waals surface area contributed by atoms with Crippen LogP contribution in [0.2, 0.25) is 5.02 Å². The zero-order valence-corrected chi connectivity index (χ0v) is 12.8. The molecule has 19 heavy (non-hydrogen) atoms. The second kappa shape index (κ2) is 6.73. The van der Waals surface area contributed by atoms with Gasteiger partial charge in [-0.25, -0.2) is 0 Å². The minimum Gasteiger partial charge on any atom is -0.330 e. The summed E-state index contributed by atoms with van der Waals surface area (Å²) in [6.45, 7) is 6.09. The van der Waals surface area contributed by atoms with E-state index >= 15 is 0 Å². The number of aromatic nitrogens is 2. The van der Waals surface area contributed by atoms with E-state index in [1.54, 1.807) is 0 Å². The van der Waals surface area contributed by atoms with E-state index in [4.69, 9.17) is 17.3 Å². The van der Waals surface area contributed by atoms with Crippen molar-refractivity contribution >= 4 is 11.6 Å². The molecule has 2 N–H and O–H groups in total. The first-order valence-electron chi connectivity index (χ1n) is 7.28. The van der Waals surface area contributed by atoms with E-state index in [1.807, 2.05) is 11.7 Å². The molecule has 1 aliphatic rings. The highest BCUT2D eigenvalue weighted by atomic mass is 35.5. The van der Waals surface area contributed by atoms with Gasteiger partial charge in [-0.05, 0) is 44.7 Å². The largest absolute Gasteiger partial charge is 0.330 e. The quantitative estimate of drug-likeness (QED) is 0.902. The molecule has 0 aromatic carbocycles. The number of aryl methyl sites for hydroxylation is 2. The Morgan fingerprint density at radius 2 is 2.26 bits per heavy atom. The SMILES string of the molecule is CCc1nn(C)c(CN2CCCC(CCN)C2)c1Cl. The lowest BCUT2D eigenvalue weighted by Gasteiger charge is -2.32. The lowest BCUT2D eigenvalue weighted by atomic mass is 9.95. The number of piperidine rings is 1. The molecule has 2 heterocycles. The van der Waals surface area contributed by atoms with Gasteiger partial charge in [0.15, 0.2) is 0 Å². The third-order valence-electron chi connectivity index (χ3n) is 4.05. The second-order valence-electron chi connectivity index (χ2n) is 5.51. The number of hydrogen-bond donors (Lipinski definition) is 1. The van der Waals surface area contributed by atoms with Crippen LogP contribution in [0.3, 0.4) is 0 Å². The molecule has 1 saturated heterocycles. The number of halogens is 1. The molecule has 0 aliphatic carbocycles. The fourth-order valence-corrected chi connectivity index (χ4v) is 3.32. The summed E-state index contributed by atoms with van der Waals surface area (Å²) in [7, 11) is 1.99. The van der Waals surface area contributed by atoms with Crippen LogP contribution < -0.4 is 5.73 Å². The maximum atomic E-state index is 6.42. The van der Waals surface area contributed by atoms with E-state index in [1.165, 1.54) is 12.8 Å². The minimum atomic E-state index is 0.747. The lowest BCUT2D eigenvalue weighted by molar-refractivity contribution is 0.160. The first-order valence-corrected chi connectivity index (χ1v) is 7.66. The Labute approximate surface area is 120 Å². The van der Waals surface area contributed by atoms with Crippen LogP contribution in [-0.2, 0) is 20.0 Å². The Kier molecular flexibility index (Phi) is 5.25. The summed E-state index contributed by atoms with van der Waals surface area (Å²) >= 11 is 6.42. The molecule has 0 spiro atoms. The molecular weight excluding hydrogens is 260 g/mol. The molecule has 0 amide bonds. The summed E-state index contributed by atoms with van der Waals surface area (Å²) in [6.07, 6.45) is 4.60. The number of nitrogens with zero attached hydrogens (tertiary/aromatic N) is 3. The van der Waals surface area contributed by atoms with Crippen molar-refractivity contribution in [3.8, 4) is 0 Å². The molecule has 1 aromatic heterocycles. The van der Waals surface area contributed by atoms with Crippen molar-refractivity contribution in [3.05, 3.63) is 16.4 Å². The van der Waals surface area contributed by atoms with E-state index in [9.17, 15) is 0 Å². The van der Waals surface area contributed by atoms with Crippen molar-refractivity contribution in [2.75, 3.05) is 19.6 Å². The average molecular weight is 285 g/mol. The van der Waals surface area contributed by atoms with Gasteiger partial charge in [0.05, 0.1) is 16.4 Å². The molecule has 0 bridgehead atoms. The first kappa shape index (κ1) is 14.8. The Balaban J connectivity index is 2.02. The van der Waals surface area contributed by atoms with Crippen molar-refractivity contribution in [3.63, 3.8) is 0 Å². The molecule has 4 nitrogen and oxygen atoms in total. The van der Waals surface area contributed by atoms with Crippen LogP contribution in [0.25, 0.3) is 0 Å². The molecule has 1 fully saturated rings. The molecule has 2 rings (SSSR count). The number of hydrogen-bond acceptors (Lipinski definition) is 3. The van der Waals surface area contributed by atoms with Crippen LogP contribution in [0.15, 0.2) is 0 Å². The van der Waals surface area contributed by atoms with Gasteiger partial charge in [-0.3, -0.25) is 9.58 Å². The predicted octanol–water partition coefficient (Wildman–Crippen LogP) is 2.20. The summed E-state index contributed by atoms with van der Waals surface area (Å²) in [4.78, 5) is 2.49. The summed E-state index contributed by atoms with van der Waals surface area (Å²) in [5.74, 6) is 0.747. The van der Waals surface area contributed by atoms with E-state index in [-0.39, 0.29) is 0 Å². The number of rotatable bonds is 5. The van der Waals surface area contributed by atoms with Crippen molar-refractivity contribution in [2.24, 2.45) is 18.7 Å². The van der Waals surface area contributed by atoms with Crippen LogP contribution >= 0.6 is 11.6 Å². The van der Waals surface area contributed by atoms with Gasteiger partial charge < -0.3 is 5.73 Å². The highest BCUT2D eigenvalue weighted by Gasteiger charge is 2.22. The fraction of sp³-hybridized carbons (Fsp3) is 0.786. The highest BCUT2D eigenvalue weighted by Crippen LogP contribution is 2.25. The van der Waals surface area contributed by atoms with Crippen LogP contribution in [-0.4, -0.2) is 34.3 Å². The van der Waals surface area contributed by atoms with Crippen LogP contribution in [0, 0.1) is 5.92 Å². The van der Waals surface area contributed by atoms with Gasteiger partial charge in [-0.1, -0.05) is 18.5 Å². The monoisotopic (exact) mass is 284 g/mol. The lowest BCUT2D eigenvalue weighted by Crippen LogP contribution is -2.36. The van der Waals surface area contributed by atoms with Crippen molar-refractivity contribution in [1.29, 1.82) is 0 Å². The van der Waals surface area contributed by atoms with Crippen LogP contribution in [0.5, 0.6) is 0 Å². The van der Waals surface area contributed by atoms with E-state index in [0.29, 0.717) is 0 Å². The molecule has 1 aliphatic heterocycles. The topological polar surface area (TPSA) is 47.1 Å². The maximum absolute atomic E-state index is 6.42. The fourth-order valence-electron chi connectivity index (χ4n) is 2.97. The highest BCUT2D eigenvalue weighted by molar-refractivity contribution is 6.31. The van der Waals surface area contributed by atoms with Crippen molar-refractivity contribution in [1.82, 2.24) is 14.7 Å². The second-order valence-corrected chi connectivity index (χ2v) is 5.88. The van der Waals surface area contributed by atoms with Crippen molar-refractivity contribution < 1.29 is 0 Å². The maximum Gasteiger partial charge on any atom is 0.0863 e. The standard InChI is InChI=1S/C14H25ClN4/c1-3-12-14(15)13(18(2)17-12)10-19-8-4-5-11(9-19)6-7-16/h11H,3-10,16H2,1-2H3. The Morgan fingerprint density at radius 3 is 2.89 bits per heavy atom. The van der Waals surface area contributed by atoms with Crippen LogP contribution in [0.1, 0.15) is 37.6 Å². The summed E-state index contributed by atoms with van der Waals surface area (Å²) < 4.78 is 1.94. The zero-order valence-electron chi connectivity index (χ0n) is 12.0. The first-order chi connectivity index (χ1) is 9.15. The molecule has 1 aromatic rings. The number of likely N-dealkylation sites (tertiary alicyclic amines) is 1. The van der Waals surface area contributed by atoms with Crippen molar-refractivity contribution in [2.45, 2.75) is 39.2 Å². The third-order valence-corrected chi connectivity index (χ3v) is 4.49. The smallest absolute Gasteiger partial charge is 0.0863 e. The predicted molar refractivity (Wildman–Crippen MR) is 79.3 cm³/mol. The summed E-state index contributed by atoms with van der Waals surface area (Å²) in [6, 6.07) is 0. The molecule has 1 atom stereocenters. The van der Waals surface area contributed by atoms with Gasteiger partial charge in [0, 0.05) is 20.1 Å². The van der Waals surface area contributed by atoms with E-state index < -0.39 is 0 Å². The molecular formula is C14H25ClN4. The van der Waals surface area contributed by atoms with Gasteiger partial charge in [0.1, 0.15) is 0 Å². The van der Waals surface area contributed by atoms with Gasteiger partial charge in [-0.15, -0.1) is 0 Å². The minimum absolute atomic E-state index is 0.747. The Morgan fingerprint density at radius 1 is 1.47 bits per heavy atom. The van der Waals surface area contributed by atoms with E-state index in [2.05, 4.69) is 16.9 Å². The van der Waals surface area contributed by atoms with Gasteiger partial charge >= 0.3 is 0 Å². The van der Waals surface area contributed by atoms with Gasteiger partial charge in [-0.2, -0.15) is 5.10 Å². The van der Waals surface area contributed by atoms with Gasteiger partial charge in [0.25, 0.3) is 0 Å². The van der Waals surface area contributed by atoms with E-state index in [0.717, 1.165) is 61.3 Å². The molecule has 108 valence electrons. The number of nitrogens with two attached hydrogens (primary N) is 1. The Hall–Kier alpha value is -0.580. The summed E-state index contributed by atoms with van der Waals surface area (Å²) in [5, 5.41) is 5.34. The molecule has 5 heteroatoms. The molecule has 1 unspecified atom stereocenters. The third kappa shape index (κ3) is 3.50. The van der Waals surface area contributed by atoms with Crippen LogP contribution in [0.4, 0.5) is 0 Å². The normalized spacial score (nSPS) is 20.9. The zero-order chi connectivity index (χ0) is 13.8.